The molecule has 92 valence electrons. The molecule has 3 rings (SSSR count). The van der Waals surface area contributed by atoms with Crippen LogP contribution in [-0.2, 0) is 11.2 Å². The van der Waals surface area contributed by atoms with Crippen molar-refractivity contribution in [3.63, 3.8) is 0 Å². The second kappa shape index (κ2) is 3.70. The van der Waals surface area contributed by atoms with Gasteiger partial charge in [0.1, 0.15) is 11.3 Å². The Morgan fingerprint density at radius 1 is 1.33 bits per heavy atom. The van der Waals surface area contributed by atoms with Crippen LogP contribution >= 0.6 is 0 Å². The van der Waals surface area contributed by atoms with Crippen molar-refractivity contribution in [1.82, 2.24) is 0 Å². The molecule has 0 N–H and O–H groups in total. The first-order chi connectivity index (χ1) is 8.63. The summed E-state index contributed by atoms with van der Waals surface area (Å²) in [6.07, 6.45) is 1.78. The minimum absolute atomic E-state index is 0.378. The minimum atomic E-state index is -0.858. The van der Waals surface area contributed by atoms with Gasteiger partial charge in [-0.05, 0) is 31.9 Å². The number of carbonyl (C=O) groups is 1. The number of ether oxygens (including phenoxy) is 1. The lowest BCUT2D eigenvalue weighted by Crippen LogP contribution is -2.39. The molecule has 0 saturated heterocycles. The van der Waals surface area contributed by atoms with E-state index in [0.29, 0.717) is 29.7 Å². The Labute approximate surface area is 103 Å². The molecule has 4 nitrogen and oxygen atoms in total. The Kier molecular flexibility index (Phi) is 2.26. The Morgan fingerprint density at radius 3 is 2.89 bits per heavy atom. The van der Waals surface area contributed by atoms with E-state index in [1.807, 2.05) is 12.1 Å². The second-order valence-corrected chi connectivity index (χ2v) is 4.73. The minimum Gasteiger partial charge on any atom is -0.479 e. The monoisotopic (exact) mass is 244 g/mol. The van der Waals surface area contributed by atoms with Crippen molar-refractivity contribution in [2.24, 2.45) is 0 Å². The molecule has 1 aromatic carbocycles. The van der Waals surface area contributed by atoms with Gasteiger partial charge in [-0.3, -0.25) is 4.79 Å². The molecule has 0 bridgehead atoms. The van der Waals surface area contributed by atoms with Gasteiger partial charge in [0.2, 0.25) is 0 Å². The largest absolute Gasteiger partial charge is 0.479 e. The number of rotatable bonds is 1. The molecule has 0 amide bonds. The van der Waals surface area contributed by atoms with Crippen molar-refractivity contribution in [3.8, 4) is 5.75 Å². The van der Waals surface area contributed by atoms with Crippen LogP contribution in [0.25, 0.3) is 11.0 Å². The van der Waals surface area contributed by atoms with Crippen molar-refractivity contribution < 1.29 is 13.9 Å². The van der Waals surface area contributed by atoms with Gasteiger partial charge in [0.05, 0.1) is 10.9 Å². The third kappa shape index (κ3) is 1.53. The van der Waals surface area contributed by atoms with E-state index in [1.165, 1.54) is 0 Å². The van der Waals surface area contributed by atoms with E-state index < -0.39 is 5.60 Å². The number of hydrogen-bond acceptors (Lipinski definition) is 4. The van der Waals surface area contributed by atoms with Gasteiger partial charge in [-0.2, -0.15) is 0 Å². The third-order valence-electron chi connectivity index (χ3n) is 3.31. The van der Waals surface area contributed by atoms with Crippen LogP contribution in [-0.4, -0.2) is 11.9 Å². The molecule has 1 aliphatic rings. The highest BCUT2D eigenvalue weighted by Crippen LogP contribution is 2.36. The first-order valence-corrected chi connectivity index (χ1v) is 5.83. The molecule has 0 saturated carbocycles. The summed E-state index contributed by atoms with van der Waals surface area (Å²) in [5, 5.41) is 0.736. The molecule has 2 heterocycles. The summed E-state index contributed by atoms with van der Waals surface area (Å²) < 4.78 is 11.0. The summed E-state index contributed by atoms with van der Waals surface area (Å²) in [4.78, 5) is 22.9. The standard InChI is InChI=1S/C14H12O4/c1-14(8-15)7-6-10-12(18-14)9-4-2-3-5-11(9)17-13(10)16/h2-5,8H,6-7H2,1H3. The summed E-state index contributed by atoms with van der Waals surface area (Å²) in [6, 6.07) is 7.18. The summed E-state index contributed by atoms with van der Waals surface area (Å²) in [6.45, 7) is 1.73. The lowest BCUT2D eigenvalue weighted by atomic mass is 9.94. The SMILES string of the molecule is CC1(C=O)CCc2c(c3ccccc3oc2=O)O1. The van der Waals surface area contributed by atoms with E-state index in [0.717, 1.165) is 11.7 Å². The van der Waals surface area contributed by atoms with Crippen LogP contribution in [0.15, 0.2) is 33.5 Å². The second-order valence-electron chi connectivity index (χ2n) is 4.73. The summed E-state index contributed by atoms with van der Waals surface area (Å²) in [7, 11) is 0. The zero-order valence-corrected chi connectivity index (χ0v) is 9.93. The van der Waals surface area contributed by atoms with Crippen LogP contribution in [0, 0.1) is 0 Å². The van der Waals surface area contributed by atoms with E-state index in [9.17, 15) is 9.59 Å². The average molecular weight is 244 g/mol. The molecule has 18 heavy (non-hydrogen) atoms. The van der Waals surface area contributed by atoms with Crippen LogP contribution < -0.4 is 10.4 Å². The van der Waals surface area contributed by atoms with E-state index in [1.54, 1.807) is 19.1 Å². The quantitative estimate of drug-likeness (QED) is 0.569. The Morgan fingerprint density at radius 2 is 2.11 bits per heavy atom. The highest BCUT2D eigenvalue weighted by Gasteiger charge is 2.34. The van der Waals surface area contributed by atoms with Gasteiger partial charge in [0.25, 0.3) is 0 Å². The zero-order chi connectivity index (χ0) is 12.8. The molecule has 1 aliphatic heterocycles. The lowest BCUT2D eigenvalue weighted by Gasteiger charge is -2.30. The predicted molar refractivity (Wildman–Crippen MR) is 65.9 cm³/mol. The maximum absolute atomic E-state index is 11.8. The lowest BCUT2D eigenvalue weighted by molar-refractivity contribution is -0.121. The van der Waals surface area contributed by atoms with Gasteiger partial charge in [-0.15, -0.1) is 0 Å². The van der Waals surface area contributed by atoms with Gasteiger partial charge >= 0.3 is 5.63 Å². The molecule has 0 fully saturated rings. The molecular weight excluding hydrogens is 232 g/mol. The topological polar surface area (TPSA) is 56.5 Å². The van der Waals surface area contributed by atoms with Crippen molar-refractivity contribution in [2.45, 2.75) is 25.4 Å². The number of carbonyl (C=O) groups excluding carboxylic acids is 1. The molecule has 0 spiro atoms. The first kappa shape index (κ1) is 11.0. The van der Waals surface area contributed by atoms with E-state index in [4.69, 9.17) is 9.15 Å². The maximum Gasteiger partial charge on any atom is 0.343 e. The van der Waals surface area contributed by atoms with Gasteiger partial charge in [-0.25, -0.2) is 4.79 Å². The number of fused-ring (bicyclic) bond motifs is 3. The number of benzene rings is 1. The average Bonchev–Trinajstić information content (AvgIpc) is 2.39. The van der Waals surface area contributed by atoms with Crippen LogP contribution in [0.1, 0.15) is 18.9 Å². The van der Waals surface area contributed by atoms with Crippen molar-refractivity contribution in [1.29, 1.82) is 0 Å². The molecule has 0 aliphatic carbocycles. The van der Waals surface area contributed by atoms with E-state index >= 15 is 0 Å². The molecule has 2 aromatic rings. The molecular formula is C14H12O4. The van der Waals surface area contributed by atoms with Gasteiger partial charge in [0, 0.05) is 0 Å². The van der Waals surface area contributed by atoms with Gasteiger partial charge in [-0.1, -0.05) is 12.1 Å². The van der Waals surface area contributed by atoms with Crippen molar-refractivity contribution in [2.75, 3.05) is 0 Å². The molecule has 1 aromatic heterocycles. The highest BCUT2D eigenvalue weighted by atomic mass is 16.5. The smallest absolute Gasteiger partial charge is 0.343 e. The molecule has 0 radical (unpaired) electrons. The Hall–Kier alpha value is -2.10. The molecule has 1 atom stereocenters. The fourth-order valence-corrected chi connectivity index (χ4v) is 2.23. The third-order valence-corrected chi connectivity index (χ3v) is 3.31. The fourth-order valence-electron chi connectivity index (χ4n) is 2.23. The first-order valence-electron chi connectivity index (χ1n) is 5.83. The van der Waals surface area contributed by atoms with Crippen LogP contribution in [0.2, 0.25) is 0 Å². The zero-order valence-electron chi connectivity index (χ0n) is 9.93. The Bertz CT molecular complexity index is 686. The molecule has 4 heteroatoms. The summed E-state index contributed by atoms with van der Waals surface area (Å²) in [5.74, 6) is 0.489. The van der Waals surface area contributed by atoms with Gasteiger partial charge in [0.15, 0.2) is 11.9 Å². The van der Waals surface area contributed by atoms with E-state index in [2.05, 4.69) is 0 Å². The molecule has 1 unspecified atom stereocenters. The van der Waals surface area contributed by atoms with Crippen LogP contribution in [0.4, 0.5) is 0 Å². The van der Waals surface area contributed by atoms with Gasteiger partial charge < -0.3 is 9.15 Å². The van der Waals surface area contributed by atoms with Crippen LogP contribution in [0.3, 0.4) is 0 Å². The van der Waals surface area contributed by atoms with Crippen molar-refractivity contribution >= 4 is 17.3 Å². The summed E-state index contributed by atoms with van der Waals surface area (Å²) >= 11 is 0. The number of para-hydroxylation sites is 1. The number of hydrogen-bond donors (Lipinski definition) is 0. The van der Waals surface area contributed by atoms with Crippen LogP contribution in [0.5, 0.6) is 5.75 Å². The highest BCUT2D eigenvalue weighted by molar-refractivity contribution is 5.85. The normalized spacial score (nSPS) is 22.3. The predicted octanol–water partition coefficient (Wildman–Crippen LogP) is 2.08. The van der Waals surface area contributed by atoms with E-state index in [-0.39, 0.29) is 5.63 Å². The summed E-state index contributed by atoms with van der Waals surface area (Å²) in [5.41, 5.74) is -0.232. The Balaban J connectivity index is 2.31. The maximum atomic E-state index is 11.8. The fraction of sp³-hybridized carbons (Fsp3) is 0.286. The van der Waals surface area contributed by atoms with Crippen molar-refractivity contribution in [3.05, 3.63) is 40.2 Å². The number of aldehydes is 1.